The smallest absolute Gasteiger partial charge is 0.408 e. The van der Waals surface area contributed by atoms with E-state index in [0.717, 1.165) is 5.03 Å². The lowest BCUT2D eigenvalue weighted by atomic mass is 10.2. The molecule has 0 saturated heterocycles. The van der Waals surface area contributed by atoms with E-state index in [0.29, 0.717) is 5.82 Å². The van der Waals surface area contributed by atoms with E-state index in [4.69, 9.17) is 9.47 Å². The predicted molar refractivity (Wildman–Crippen MR) is 88.5 cm³/mol. The number of hydrogen-bond acceptors (Lipinski definition) is 6. The number of thioether (sulfide) groups is 1. The average molecular weight is 343 g/mol. The topological polar surface area (TPSA) is 82.5 Å². The van der Waals surface area contributed by atoms with Crippen molar-refractivity contribution in [2.24, 2.45) is 0 Å². The molecule has 130 valence electrons. The Morgan fingerprint density at radius 1 is 1.35 bits per heavy atom. The summed E-state index contributed by atoms with van der Waals surface area (Å²) in [4.78, 5) is 28.2. The predicted octanol–water partition coefficient (Wildman–Crippen LogP) is 2.92. The Hall–Kier alpha value is -1.70. The number of imidazole rings is 1. The van der Waals surface area contributed by atoms with E-state index in [1.54, 1.807) is 45.4 Å². The maximum Gasteiger partial charge on any atom is 0.408 e. The van der Waals surface area contributed by atoms with Crippen molar-refractivity contribution in [1.29, 1.82) is 0 Å². The summed E-state index contributed by atoms with van der Waals surface area (Å²) in [6, 6.07) is -0.954. The number of esters is 1. The largest absolute Gasteiger partial charge is 0.467 e. The van der Waals surface area contributed by atoms with Crippen molar-refractivity contribution in [1.82, 2.24) is 14.9 Å². The summed E-state index contributed by atoms with van der Waals surface area (Å²) in [5.74, 6) is 0.193. The molecule has 8 heteroatoms. The molecule has 0 radical (unpaired) electrons. The summed E-state index contributed by atoms with van der Waals surface area (Å²) in [6.07, 6.45) is 3.14. The summed E-state index contributed by atoms with van der Waals surface area (Å²) >= 11 is 1.46. The van der Waals surface area contributed by atoms with Gasteiger partial charge in [0.15, 0.2) is 0 Å². The fraction of sp³-hybridized carbons (Fsp3) is 0.667. The minimum Gasteiger partial charge on any atom is -0.467 e. The van der Waals surface area contributed by atoms with Gasteiger partial charge in [-0.1, -0.05) is 0 Å². The van der Waals surface area contributed by atoms with E-state index >= 15 is 0 Å². The number of amides is 1. The highest BCUT2D eigenvalue weighted by atomic mass is 32.2. The van der Waals surface area contributed by atoms with E-state index < -0.39 is 23.8 Å². The molecule has 2 atom stereocenters. The van der Waals surface area contributed by atoms with Crippen LogP contribution >= 0.6 is 11.8 Å². The number of rotatable bonds is 5. The fourth-order valence-corrected chi connectivity index (χ4v) is 2.35. The van der Waals surface area contributed by atoms with Crippen LogP contribution in [0.25, 0.3) is 0 Å². The highest BCUT2D eigenvalue weighted by Gasteiger charge is 2.25. The lowest BCUT2D eigenvalue weighted by Crippen LogP contribution is -2.35. The van der Waals surface area contributed by atoms with Gasteiger partial charge in [-0.2, -0.15) is 0 Å². The van der Waals surface area contributed by atoms with Crippen molar-refractivity contribution < 1.29 is 19.1 Å². The summed E-state index contributed by atoms with van der Waals surface area (Å²) in [6.45, 7) is 8.90. The van der Waals surface area contributed by atoms with Crippen LogP contribution in [-0.2, 0) is 14.3 Å². The quantitative estimate of drug-likeness (QED) is 0.654. The van der Waals surface area contributed by atoms with Gasteiger partial charge in [-0.15, -0.1) is 11.8 Å². The molecule has 0 aromatic carbocycles. The lowest BCUT2D eigenvalue weighted by molar-refractivity contribution is -0.144. The Morgan fingerprint density at radius 2 is 1.96 bits per heavy atom. The molecular formula is C15H25N3O4S. The van der Waals surface area contributed by atoms with Crippen LogP contribution in [-0.4, -0.2) is 40.6 Å². The number of aromatic nitrogens is 2. The third-order valence-electron chi connectivity index (χ3n) is 3.03. The molecule has 0 aliphatic heterocycles. The number of alkyl carbamates (subject to hydrolysis) is 1. The van der Waals surface area contributed by atoms with Crippen LogP contribution in [0.2, 0.25) is 0 Å². The van der Waals surface area contributed by atoms with E-state index in [-0.39, 0.29) is 5.97 Å². The van der Waals surface area contributed by atoms with Crippen LogP contribution in [0, 0.1) is 0 Å². The first kappa shape index (κ1) is 19.3. The highest BCUT2D eigenvalue weighted by Crippen LogP contribution is 2.23. The highest BCUT2D eigenvalue weighted by molar-refractivity contribution is 7.98. The van der Waals surface area contributed by atoms with Gasteiger partial charge in [-0.25, -0.2) is 14.6 Å². The monoisotopic (exact) mass is 343 g/mol. The molecule has 0 fully saturated rings. The van der Waals surface area contributed by atoms with Crippen LogP contribution in [0.15, 0.2) is 11.2 Å². The molecule has 0 aliphatic rings. The van der Waals surface area contributed by atoms with Crippen LogP contribution in [0.4, 0.5) is 4.79 Å². The second-order valence-corrected chi connectivity index (χ2v) is 6.94. The van der Waals surface area contributed by atoms with Crippen molar-refractivity contribution in [3.8, 4) is 0 Å². The van der Waals surface area contributed by atoms with Crippen molar-refractivity contribution in [3.63, 3.8) is 0 Å². The first-order chi connectivity index (χ1) is 10.6. The van der Waals surface area contributed by atoms with Gasteiger partial charge in [-0.05, 0) is 40.9 Å². The summed E-state index contributed by atoms with van der Waals surface area (Å²) in [5, 5.41) is 3.49. The van der Waals surface area contributed by atoms with Gasteiger partial charge in [0.05, 0.1) is 13.2 Å². The molecule has 0 bridgehead atoms. The standard InChI is InChI=1S/C15H25N3O4S/c1-9(16-14(20)22-15(3,4)5)12-17-11(23-7)8-18(12)10(2)13(19)21-6/h8-10H,1-7H3,(H,16,20)/t9-,10-/m0/s1. The van der Waals surface area contributed by atoms with E-state index in [9.17, 15) is 9.59 Å². The SMILES string of the molecule is COC(=O)[C@H](C)n1cc(SC)nc1[C@H](C)NC(=O)OC(C)(C)C. The number of carbonyl (C=O) groups is 2. The Kier molecular flexibility index (Phi) is 6.49. The van der Waals surface area contributed by atoms with Gasteiger partial charge in [0.25, 0.3) is 0 Å². The number of ether oxygens (including phenoxy) is 2. The maximum atomic E-state index is 11.9. The molecule has 0 saturated carbocycles. The van der Waals surface area contributed by atoms with Crippen molar-refractivity contribution >= 4 is 23.8 Å². The molecule has 23 heavy (non-hydrogen) atoms. The molecule has 1 rings (SSSR count). The Balaban J connectivity index is 2.99. The van der Waals surface area contributed by atoms with Gasteiger partial charge in [0.2, 0.25) is 0 Å². The number of carbonyl (C=O) groups excluding carboxylic acids is 2. The average Bonchev–Trinajstić information content (AvgIpc) is 2.87. The molecule has 0 aliphatic carbocycles. The number of methoxy groups -OCH3 is 1. The minimum atomic E-state index is -0.580. The van der Waals surface area contributed by atoms with Gasteiger partial charge in [0.1, 0.15) is 22.5 Å². The van der Waals surface area contributed by atoms with E-state index in [1.807, 2.05) is 6.26 Å². The Morgan fingerprint density at radius 3 is 2.43 bits per heavy atom. The van der Waals surface area contributed by atoms with E-state index in [2.05, 4.69) is 10.3 Å². The van der Waals surface area contributed by atoms with Crippen LogP contribution in [0.3, 0.4) is 0 Å². The first-order valence-electron chi connectivity index (χ1n) is 7.29. The molecule has 1 N–H and O–H groups in total. The molecule has 1 aromatic rings. The summed E-state index contributed by atoms with van der Waals surface area (Å²) in [7, 11) is 1.34. The summed E-state index contributed by atoms with van der Waals surface area (Å²) in [5.41, 5.74) is -0.580. The molecule has 7 nitrogen and oxygen atoms in total. The zero-order chi connectivity index (χ0) is 17.8. The van der Waals surface area contributed by atoms with Crippen molar-refractivity contribution in [2.75, 3.05) is 13.4 Å². The second kappa shape index (κ2) is 7.72. The van der Waals surface area contributed by atoms with E-state index in [1.165, 1.54) is 18.9 Å². The van der Waals surface area contributed by atoms with Crippen molar-refractivity contribution in [3.05, 3.63) is 12.0 Å². The maximum absolute atomic E-state index is 11.9. The zero-order valence-electron chi connectivity index (χ0n) is 14.7. The lowest BCUT2D eigenvalue weighted by Gasteiger charge is -2.23. The second-order valence-electron chi connectivity index (χ2n) is 6.12. The van der Waals surface area contributed by atoms with Crippen LogP contribution < -0.4 is 5.32 Å². The number of nitrogens with one attached hydrogen (secondary N) is 1. The van der Waals surface area contributed by atoms with Crippen LogP contribution in [0.5, 0.6) is 0 Å². The third kappa shape index (κ3) is 5.46. The molecule has 1 amide bonds. The van der Waals surface area contributed by atoms with Crippen molar-refractivity contribution in [2.45, 2.75) is 57.3 Å². The normalized spacial score (nSPS) is 14.0. The first-order valence-corrected chi connectivity index (χ1v) is 8.51. The molecule has 1 aromatic heterocycles. The minimum absolute atomic E-state index is 0.374. The number of nitrogens with zero attached hydrogens (tertiary/aromatic N) is 2. The Labute approximate surface area is 141 Å². The summed E-state index contributed by atoms with van der Waals surface area (Å²) < 4.78 is 11.7. The zero-order valence-corrected chi connectivity index (χ0v) is 15.5. The molecule has 0 spiro atoms. The van der Waals surface area contributed by atoms with Crippen LogP contribution in [0.1, 0.15) is 52.5 Å². The Bertz CT molecular complexity index is 566. The molecule has 1 heterocycles. The molecule has 0 unspecified atom stereocenters. The molecular weight excluding hydrogens is 318 g/mol. The third-order valence-corrected chi connectivity index (χ3v) is 3.64. The number of hydrogen-bond donors (Lipinski definition) is 1. The van der Waals surface area contributed by atoms with Gasteiger partial charge in [-0.3, -0.25) is 0 Å². The van der Waals surface area contributed by atoms with Gasteiger partial charge in [0, 0.05) is 6.20 Å². The van der Waals surface area contributed by atoms with Gasteiger partial charge < -0.3 is 19.4 Å². The fourth-order valence-electron chi connectivity index (χ4n) is 1.95. The van der Waals surface area contributed by atoms with Gasteiger partial charge >= 0.3 is 12.1 Å².